The summed E-state index contributed by atoms with van der Waals surface area (Å²) in [5, 5.41) is 12.5. The van der Waals surface area contributed by atoms with Crippen molar-refractivity contribution in [1.29, 1.82) is 0 Å². The molecule has 1 amide bonds. The molecule has 0 atom stereocenters. The average Bonchev–Trinajstić information content (AvgIpc) is 2.44. The van der Waals surface area contributed by atoms with Gasteiger partial charge in [-0.3, -0.25) is 4.79 Å². The number of amides is 1. The van der Waals surface area contributed by atoms with Crippen molar-refractivity contribution in [1.82, 2.24) is 5.32 Å². The SMILES string of the molecule is Cc1ccc(C(=O)NCCOC2CCCCC2)c(O)c1. The number of ether oxygens (including phenoxy) is 1. The molecule has 4 nitrogen and oxygen atoms in total. The average molecular weight is 277 g/mol. The fourth-order valence-corrected chi connectivity index (χ4v) is 2.55. The van der Waals surface area contributed by atoms with Crippen molar-refractivity contribution in [3.63, 3.8) is 0 Å². The Bertz CT molecular complexity index is 453. The van der Waals surface area contributed by atoms with Gasteiger partial charge in [0.25, 0.3) is 5.91 Å². The van der Waals surface area contributed by atoms with Crippen molar-refractivity contribution in [2.75, 3.05) is 13.2 Å². The van der Waals surface area contributed by atoms with Crippen LogP contribution < -0.4 is 5.32 Å². The maximum Gasteiger partial charge on any atom is 0.255 e. The van der Waals surface area contributed by atoms with Crippen LogP contribution in [0.15, 0.2) is 18.2 Å². The number of benzene rings is 1. The Morgan fingerprint density at radius 3 is 2.80 bits per heavy atom. The van der Waals surface area contributed by atoms with Crippen molar-refractivity contribution in [3.8, 4) is 5.75 Å². The van der Waals surface area contributed by atoms with Crippen LogP contribution in [0.25, 0.3) is 0 Å². The van der Waals surface area contributed by atoms with Crippen LogP contribution in [-0.4, -0.2) is 30.3 Å². The number of hydrogen-bond donors (Lipinski definition) is 2. The van der Waals surface area contributed by atoms with Crippen molar-refractivity contribution >= 4 is 5.91 Å². The molecule has 2 rings (SSSR count). The third-order valence-electron chi connectivity index (χ3n) is 3.69. The van der Waals surface area contributed by atoms with Gasteiger partial charge in [-0.05, 0) is 37.5 Å². The second kappa shape index (κ2) is 7.29. The molecule has 4 heteroatoms. The van der Waals surface area contributed by atoms with Crippen LogP contribution >= 0.6 is 0 Å². The number of carbonyl (C=O) groups is 1. The highest BCUT2D eigenvalue weighted by Crippen LogP contribution is 2.20. The Hall–Kier alpha value is -1.55. The smallest absolute Gasteiger partial charge is 0.255 e. The third kappa shape index (κ3) is 4.23. The van der Waals surface area contributed by atoms with Gasteiger partial charge in [0.2, 0.25) is 0 Å². The molecule has 110 valence electrons. The molecule has 20 heavy (non-hydrogen) atoms. The first-order valence-electron chi connectivity index (χ1n) is 7.36. The largest absolute Gasteiger partial charge is 0.507 e. The molecule has 0 spiro atoms. The summed E-state index contributed by atoms with van der Waals surface area (Å²) >= 11 is 0. The van der Waals surface area contributed by atoms with Gasteiger partial charge in [-0.25, -0.2) is 0 Å². The highest BCUT2D eigenvalue weighted by atomic mass is 16.5. The topological polar surface area (TPSA) is 58.6 Å². The molecular weight excluding hydrogens is 254 g/mol. The molecule has 0 radical (unpaired) electrons. The van der Waals surface area contributed by atoms with Crippen LogP contribution in [0.1, 0.15) is 48.0 Å². The second-order valence-corrected chi connectivity index (χ2v) is 5.41. The molecule has 0 saturated heterocycles. The first-order valence-corrected chi connectivity index (χ1v) is 7.36. The number of hydrogen-bond acceptors (Lipinski definition) is 3. The van der Waals surface area contributed by atoms with Crippen molar-refractivity contribution in [2.45, 2.75) is 45.1 Å². The van der Waals surface area contributed by atoms with Gasteiger partial charge in [-0.1, -0.05) is 25.3 Å². The number of aryl methyl sites for hydroxylation is 1. The molecule has 1 saturated carbocycles. The summed E-state index contributed by atoms with van der Waals surface area (Å²) in [7, 11) is 0. The number of carbonyl (C=O) groups excluding carboxylic acids is 1. The highest BCUT2D eigenvalue weighted by molar-refractivity contribution is 5.96. The van der Waals surface area contributed by atoms with Crippen LogP contribution in [0.2, 0.25) is 0 Å². The van der Waals surface area contributed by atoms with E-state index in [1.807, 2.05) is 13.0 Å². The first kappa shape index (κ1) is 14.9. The van der Waals surface area contributed by atoms with Gasteiger partial charge < -0.3 is 15.2 Å². The lowest BCUT2D eigenvalue weighted by Crippen LogP contribution is -2.29. The number of phenolic OH excluding ortho intramolecular Hbond substituents is 1. The highest BCUT2D eigenvalue weighted by Gasteiger charge is 2.14. The standard InChI is InChI=1S/C16H23NO3/c1-12-7-8-14(15(18)11-12)16(19)17-9-10-20-13-5-3-2-4-6-13/h7-8,11,13,18H,2-6,9-10H2,1H3,(H,17,19). The van der Waals surface area contributed by atoms with Gasteiger partial charge in [0.1, 0.15) is 5.75 Å². The molecule has 1 aliphatic carbocycles. The van der Waals surface area contributed by atoms with E-state index in [0.29, 0.717) is 24.8 Å². The Morgan fingerprint density at radius 2 is 2.10 bits per heavy atom. The van der Waals surface area contributed by atoms with E-state index in [1.54, 1.807) is 12.1 Å². The molecule has 0 aromatic heterocycles. The molecule has 0 unspecified atom stereocenters. The summed E-state index contributed by atoms with van der Waals surface area (Å²) in [6.45, 7) is 2.88. The zero-order valence-electron chi connectivity index (χ0n) is 12.0. The maximum atomic E-state index is 11.9. The van der Waals surface area contributed by atoms with Crippen molar-refractivity contribution in [2.24, 2.45) is 0 Å². The van der Waals surface area contributed by atoms with Crippen molar-refractivity contribution < 1.29 is 14.6 Å². The van der Waals surface area contributed by atoms with E-state index in [-0.39, 0.29) is 11.7 Å². The van der Waals surface area contributed by atoms with Crippen LogP contribution in [0.3, 0.4) is 0 Å². The van der Waals surface area contributed by atoms with Crippen LogP contribution in [-0.2, 0) is 4.74 Å². The molecule has 1 aliphatic rings. The number of aromatic hydroxyl groups is 1. The van der Waals surface area contributed by atoms with E-state index in [0.717, 1.165) is 18.4 Å². The minimum atomic E-state index is -0.255. The van der Waals surface area contributed by atoms with E-state index >= 15 is 0 Å². The summed E-state index contributed by atoms with van der Waals surface area (Å²) in [6, 6.07) is 5.04. The summed E-state index contributed by atoms with van der Waals surface area (Å²) < 4.78 is 5.74. The lowest BCUT2D eigenvalue weighted by atomic mass is 9.98. The van der Waals surface area contributed by atoms with Gasteiger partial charge in [0, 0.05) is 6.54 Å². The van der Waals surface area contributed by atoms with E-state index in [9.17, 15) is 9.90 Å². The zero-order chi connectivity index (χ0) is 14.4. The van der Waals surface area contributed by atoms with Gasteiger partial charge >= 0.3 is 0 Å². The van der Waals surface area contributed by atoms with E-state index in [4.69, 9.17) is 4.74 Å². The Balaban J connectivity index is 1.72. The van der Waals surface area contributed by atoms with Crippen LogP contribution in [0, 0.1) is 6.92 Å². The summed E-state index contributed by atoms with van der Waals surface area (Å²) in [5.41, 5.74) is 1.24. The quantitative estimate of drug-likeness (QED) is 0.814. The van der Waals surface area contributed by atoms with Gasteiger partial charge in [-0.15, -0.1) is 0 Å². The summed E-state index contributed by atoms with van der Waals surface area (Å²) in [4.78, 5) is 11.9. The van der Waals surface area contributed by atoms with E-state index < -0.39 is 0 Å². The normalized spacial score (nSPS) is 16.1. The maximum absolute atomic E-state index is 11.9. The molecular formula is C16H23NO3. The number of phenols is 1. The predicted octanol–water partition coefficient (Wildman–Crippen LogP) is 2.78. The van der Waals surface area contributed by atoms with Gasteiger partial charge in [0.05, 0.1) is 18.3 Å². The molecule has 2 N–H and O–H groups in total. The lowest BCUT2D eigenvalue weighted by Gasteiger charge is -2.22. The van der Waals surface area contributed by atoms with Crippen molar-refractivity contribution in [3.05, 3.63) is 29.3 Å². The molecule has 1 aromatic carbocycles. The summed E-state index contributed by atoms with van der Waals surface area (Å²) in [5.74, 6) is -0.231. The Morgan fingerprint density at radius 1 is 1.35 bits per heavy atom. The monoisotopic (exact) mass is 277 g/mol. The number of nitrogens with one attached hydrogen (secondary N) is 1. The zero-order valence-corrected chi connectivity index (χ0v) is 12.0. The van der Waals surface area contributed by atoms with Gasteiger partial charge in [0.15, 0.2) is 0 Å². The van der Waals surface area contributed by atoms with Gasteiger partial charge in [-0.2, -0.15) is 0 Å². The van der Waals surface area contributed by atoms with E-state index in [2.05, 4.69) is 5.32 Å². The molecule has 0 bridgehead atoms. The lowest BCUT2D eigenvalue weighted by molar-refractivity contribution is 0.0299. The summed E-state index contributed by atoms with van der Waals surface area (Å²) in [6.07, 6.45) is 6.42. The fraction of sp³-hybridized carbons (Fsp3) is 0.562. The van der Waals surface area contributed by atoms with E-state index in [1.165, 1.54) is 19.3 Å². The fourth-order valence-electron chi connectivity index (χ4n) is 2.55. The Kier molecular flexibility index (Phi) is 5.41. The molecule has 0 heterocycles. The Labute approximate surface area is 120 Å². The second-order valence-electron chi connectivity index (χ2n) is 5.41. The minimum Gasteiger partial charge on any atom is -0.507 e. The molecule has 0 aliphatic heterocycles. The predicted molar refractivity (Wildman–Crippen MR) is 78.0 cm³/mol. The molecule has 1 aromatic rings. The third-order valence-corrected chi connectivity index (χ3v) is 3.69. The number of rotatable bonds is 5. The minimum absolute atomic E-state index is 0.0238. The first-order chi connectivity index (χ1) is 9.66. The van der Waals surface area contributed by atoms with Crippen LogP contribution in [0.5, 0.6) is 5.75 Å². The van der Waals surface area contributed by atoms with Crippen LogP contribution in [0.4, 0.5) is 0 Å². The molecule has 1 fully saturated rings.